The third kappa shape index (κ3) is 6.89. The SMILES string of the molecule is Cn1cnc2c1c(=O)n(-c1ccc(C#Cc3ccccc3)cc1Cl)c(=O)n2C.O=c1c2cccc3c2n(c(=O)n1-c1ccc(C#Cc2ccccc2)cc1Cl)CC3. The molecule has 0 saturated heterocycles. The van der Waals surface area contributed by atoms with Crippen LogP contribution in [-0.2, 0) is 27.1 Å². The summed E-state index contributed by atoms with van der Waals surface area (Å²) >= 11 is 12.9. The van der Waals surface area contributed by atoms with Gasteiger partial charge < -0.3 is 4.57 Å². The molecule has 1 aliphatic rings. The number of hydrogen-bond acceptors (Lipinski definition) is 5. The van der Waals surface area contributed by atoms with Crippen LogP contribution < -0.4 is 22.5 Å². The number of aryl methyl sites for hydroxylation is 4. The molecule has 57 heavy (non-hydrogen) atoms. The lowest BCUT2D eigenvalue weighted by Gasteiger charge is -2.12. The minimum atomic E-state index is -0.513. The first-order chi connectivity index (χ1) is 27.6. The highest BCUT2D eigenvalue weighted by atomic mass is 35.5. The van der Waals surface area contributed by atoms with E-state index in [4.69, 9.17) is 23.2 Å². The van der Waals surface area contributed by atoms with Crippen molar-refractivity contribution in [1.82, 2.24) is 27.8 Å². The summed E-state index contributed by atoms with van der Waals surface area (Å²) in [6, 6.07) is 34.9. The molecule has 5 aromatic carbocycles. The van der Waals surface area contributed by atoms with Crippen molar-refractivity contribution < 1.29 is 0 Å². The van der Waals surface area contributed by atoms with Crippen molar-refractivity contribution in [2.24, 2.45) is 14.1 Å². The maximum absolute atomic E-state index is 13.1. The van der Waals surface area contributed by atoms with Crippen molar-refractivity contribution in [3.05, 3.63) is 201 Å². The highest BCUT2D eigenvalue weighted by Gasteiger charge is 2.22. The molecule has 0 atom stereocenters. The number of halogens is 2. The Balaban J connectivity index is 0.000000160. The minimum absolute atomic E-state index is 0.264. The summed E-state index contributed by atoms with van der Waals surface area (Å²) in [4.78, 5) is 56.0. The van der Waals surface area contributed by atoms with Gasteiger partial charge in [-0.15, -0.1) is 0 Å². The number of imidazole rings is 1. The number of hydrogen-bond donors (Lipinski definition) is 0. The van der Waals surface area contributed by atoms with E-state index >= 15 is 0 Å². The summed E-state index contributed by atoms with van der Waals surface area (Å²) in [5.74, 6) is 12.2. The zero-order valence-electron chi connectivity index (χ0n) is 30.5. The normalized spacial score (nSPS) is 11.4. The van der Waals surface area contributed by atoms with Gasteiger partial charge in [-0.05, 0) is 78.7 Å². The minimum Gasteiger partial charge on any atom is -0.328 e. The standard InChI is InChI=1S/C24H15ClN2O2.C21H15ClN4O2/c25-20-15-17(10-9-16-5-2-1-3-6-16)11-12-21(20)27-23(28)19-8-4-7-18-13-14-26(22(18)19)24(27)29;1-24-13-23-19-18(24)20(27)26(21(28)25(19)2)17-11-10-15(12-16(17)22)9-8-14-6-4-3-5-7-14/h1-8,11-12,15H,13-14H2;3-7,10-13H,1-2H3. The predicted octanol–water partition coefficient (Wildman–Crippen LogP) is 6.24. The summed E-state index contributed by atoms with van der Waals surface area (Å²) < 4.78 is 6.79. The number of rotatable bonds is 2. The second kappa shape index (κ2) is 15.2. The molecule has 0 spiro atoms. The molecule has 0 unspecified atom stereocenters. The summed E-state index contributed by atoms with van der Waals surface area (Å²) in [7, 11) is 3.27. The molecule has 0 bridgehead atoms. The van der Waals surface area contributed by atoms with E-state index in [0.717, 1.165) is 37.8 Å². The molecule has 278 valence electrons. The van der Waals surface area contributed by atoms with Crippen LogP contribution in [0.5, 0.6) is 0 Å². The summed E-state index contributed by atoms with van der Waals surface area (Å²) in [5.41, 5.74) is 4.58. The Hall–Kier alpha value is -7.11. The number of aromatic nitrogens is 6. The van der Waals surface area contributed by atoms with Crippen LogP contribution in [0.2, 0.25) is 10.0 Å². The van der Waals surface area contributed by atoms with Gasteiger partial charge >= 0.3 is 11.4 Å². The lowest BCUT2D eigenvalue weighted by atomic mass is 10.1. The molecule has 0 radical (unpaired) electrons. The van der Waals surface area contributed by atoms with Crippen LogP contribution in [0.25, 0.3) is 33.4 Å². The van der Waals surface area contributed by atoms with Gasteiger partial charge in [0.1, 0.15) is 0 Å². The zero-order valence-corrected chi connectivity index (χ0v) is 32.0. The molecule has 0 fully saturated rings. The van der Waals surface area contributed by atoms with Crippen molar-refractivity contribution >= 4 is 45.3 Å². The molecule has 0 N–H and O–H groups in total. The molecule has 3 aromatic heterocycles. The quantitative estimate of drug-likeness (QED) is 0.193. The van der Waals surface area contributed by atoms with E-state index in [2.05, 4.69) is 28.7 Å². The molecule has 8 aromatic rings. The first-order valence-electron chi connectivity index (χ1n) is 17.7. The Kier molecular flexibility index (Phi) is 9.82. The van der Waals surface area contributed by atoms with Crippen LogP contribution in [0, 0.1) is 23.7 Å². The summed E-state index contributed by atoms with van der Waals surface area (Å²) in [6.45, 7) is 0.563. The number of benzene rings is 5. The number of para-hydroxylation sites is 1. The lowest BCUT2D eigenvalue weighted by Crippen LogP contribution is -2.38. The van der Waals surface area contributed by atoms with Crippen LogP contribution in [0.3, 0.4) is 0 Å². The van der Waals surface area contributed by atoms with Crippen molar-refractivity contribution in [2.75, 3.05) is 0 Å². The van der Waals surface area contributed by atoms with Crippen molar-refractivity contribution in [3.8, 4) is 35.1 Å². The Morgan fingerprint density at radius 1 is 0.579 bits per heavy atom. The van der Waals surface area contributed by atoms with Gasteiger partial charge in [0.2, 0.25) is 0 Å². The van der Waals surface area contributed by atoms with Crippen molar-refractivity contribution in [3.63, 3.8) is 0 Å². The average Bonchev–Trinajstić information content (AvgIpc) is 3.85. The average molecular weight is 790 g/mol. The van der Waals surface area contributed by atoms with Crippen LogP contribution in [0.15, 0.2) is 141 Å². The van der Waals surface area contributed by atoms with Crippen LogP contribution in [0.4, 0.5) is 0 Å². The Morgan fingerprint density at radius 2 is 1.12 bits per heavy atom. The Morgan fingerprint density at radius 3 is 1.68 bits per heavy atom. The lowest BCUT2D eigenvalue weighted by molar-refractivity contribution is 0.685. The van der Waals surface area contributed by atoms with Gasteiger partial charge in [-0.2, -0.15) is 0 Å². The molecular weight excluding hydrogens is 759 g/mol. The van der Waals surface area contributed by atoms with Crippen LogP contribution in [-0.4, -0.2) is 27.8 Å². The molecule has 1 aliphatic heterocycles. The van der Waals surface area contributed by atoms with E-state index in [1.54, 1.807) is 65.7 Å². The topological polar surface area (TPSA) is 106 Å². The van der Waals surface area contributed by atoms with E-state index in [1.807, 2.05) is 72.8 Å². The predicted molar refractivity (Wildman–Crippen MR) is 224 cm³/mol. The second-order valence-corrected chi connectivity index (χ2v) is 14.0. The fourth-order valence-electron chi connectivity index (χ4n) is 6.78. The largest absolute Gasteiger partial charge is 0.337 e. The molecule has 12 heteroatoms. The van der Waals surface area contributed by atoms with E-state index in [9.17, 15) is 19.2 Å². The van der Waals surface area contributed by atoms with Gasteiger partial charge in [-0.1, -0.05) is 95.4 Å². The Labute approximate surface area is 335 Å². The second-order valence-electron chi connectivity index (χ2n) is 13.2. The fraction of sp³-hybridized carbons (Fsp3) is 0.0889. The van der Waals surface area contributed by atoms with Gasteiger partial charge in [0.05, 0.1) is 38.7 Å². The van der Waals surface area contributed by atoms with Gasteiger partial charge in [0, 0.05) is 42.9 Å². The molecule has 10 nitrogen and oxygen atoms in total. The number of fused-ring (bicyclic) bond motifs is 1. The van der Waals surface area contributed by atoms with E-state index in [1.165, 1.54) is 10.9 Å². The molecule has 0 saturated carbocycles. The van der Waals surface area contributed by atoms with Crippen LogP contribution >= 0.6 is 23.2 Å². The van der Waals surface area contributed by atoms with Gasteiger partial charge in [-0.25, -0.2) is 23.7 Å². The summed E-state index contributed by atoms with van der Waals surface area (Å²) in [5, 5.41) is 1.11. The Bertz CT molecular complexity index is 3280. The van der Waals surface area contributed by atoms with E-state index in [0.29, 0.717) is 50.6 Å². The monoisotopic (exact) mass is 788 g/mol. The van der Waals surface area contributed by atoms with E-state index in [-0.39, 0.29) is 16.3 Å². The van der Waals surface area contributed by atoms with Gasteiger partial charge in [-0.3, -0.25) is 18.7 Å². The smallest absolute Gasteiger partial charge is 0.328 e. The highest BCUT2D eigenvalue weighted by molar-refractivity contribution is 6.32. The summed E-state index contributed by atoms with van der Waals surface area (Å²) in [6.07, 6.45) is 2.25. The maximum Gasteiger partial charge on any atom is 0.337 e. The third-order valence-corrected chi connectivity index (χ3v) is 10.2. The maximum atomic E-state index is 13.1. The molecule has 9 rings (SSSR count). The van der Waals surface area contributed by atoms with Gasteiger partial charge in [0.25, 0.3) is 11.1 Å². The first-order valence-corrected chi connectivity index (χ1v) is 18.5. The molecule has 0 amide bonds. The van der Waals surface area contributed by atoms with Gasteiger partial charge in [0.15, 0.2) is 11.2 Å². The highest BCUT2D eigenvalue weighted by Crippen LogP contribution is 2.25. The number of nitrogens with zero attached hydrogens (tertiary/aromatic N) is 6. The van der Waals surface area contributed by atoms with Crippen molar-refractivity contribution in [1.29, 1.82) is 0 Å². The fourth-order valence-corrected chi connectivity index (χ4v) is 7.31. The first kappa shape index (κ1) is 36.8. The van der Waals surface area contributed by atoms with Crippen LogP contribution in [0.1, 0.15) is 27.8 Å². The van der Waals surface area contributed by atoms with Crippen molar-refractivity contribution in [2.45, 2.75) is 13.0 Å². The molecule has 4 heterocycles. The molecule has 0 aliphatic carbocycles. The van der Waals surface area contributed by atoms with E-state index < -0.39 is 11.2 Å². The third-order valence-electron chi connectivity index (χ3n) is 9.60. The molecular formula is C45H30Cl2N6O4. The zero-order chi connectivity index (χ0) is 39.8.